The fraction of sp³-hybridized carbons (Fsp3) is 0.778. The van der Waals surface area contributed by atoms with E-state index in [0.29, 0.717) is 6.42 Å². The van der Waals surface area contributed by atoms with Crippen LogP contribution in [0.4, 0.5) is 0 Å². The number of carbonyl (C=O) groups is 1. The maximum atomic E-state index is 12.6. The summed E-state index contributed by atoms with van der Waals surface area (Å²) in [5.41, 5.74) is 3.41. The van der Waals surface area contributed by atoms with Gasteiger partial charge in [-0.1, -0.05) is 13.8 Å². The van der Waals surface area contributed by atoms with Gasteiger partial charge in [-0.15, -0.1) is 0 Å². The van der Waals surface area contributed by atoms with Crippen LogP contribution in [-0.4, -0.2) is 46.4 Å². The molecule has 0 saturated heterocycles. The number of amides is 1. The van der Waals surface area contributed by atoms with Crippen molar-refractivity contribution in [2.75, 3.05) is 13.7 Å². The molecule has 23 heavy (non-hydrogen) atoms. The number of rotatable bonds is 6. The molecule has 2 rings (SSSR count). The second kappa shape index (κ2) is 6.63. The Bertz CT molecular complexity index is 577. The number of aromatic nitrogens is 2. The fourth-order valence-corrected chi connectivity index (χ4v) is 3.77. The van der Waals surface area contributed by atoms with E-state index in [1.54, 1.807) is 0 Å². The SMILES string of the molecule is CCOC1CC(N(C)C(=O)CCc2c(C)nn(C)c2C)C1(C)C. The number of hydrogen-bond donors (Lipinski definition) is 0. The molecule has 0 bridgehead atoms. The minimum absolute atomic E-state index is 0.0283. The van der Waals surface area contributed by atoms with Gasteiger partial charge in [0.1, 0.15) is 0 Å². The van der Waals surface area contributed by atoms with E-state index in [-0.39, 0.29) is 23.5 Å². The minimum atomic E-state index is 0.0283. The summed E-state index contributed by atoms with van der Waals surface area (Å²) in [6, 6.07) is 0.266. The van der Waals surface area contributed by atoms with E-state index in [1.165, 1.54) is 5.56 Å². The lowest BCUT2D eigenvalue weighted by Gasteiger charge is -2.54. The van der Waals surface area contributed by atoms with Crippen LogP contribution in [0.3, 0.4) is 0 Å². The van der Waals surface area contributed by atoms with Gasteiger partial charge in [-0.3, -0.25) is 9.48 Å². The summed E-state index contributed by atoms with van der Waals surface area (Å²) in [6.07, 6.45) is 2.50. The summed E-state index contributed by atoms with van der Waals surface area (Å²) in [5.74, 6) is 0.209. The molecular weight excluding hydrogens is 290 g/mol. The van der Waals surface area contributed by atoms with Crippen molar-refractivity contribution in [2.24, 2.45) is 12.5 Å². The monoisotopic (exact) mass is 321 g/mol. The Labute approximate surface area is 140 Å². The maximum absolute atomic E-state index is 12.6. The summed E-state index contributed by atoms with van der Waals surface area (Å²) in [7, 11) is 3.88. The number of aryl methyl sites for hydroxylation is 2. The normalized spacial score (nSPS) is 22.7. The Morgan fingerprint density at radius 2 is 2.09 bits per heavy atom. The summed E-state index contributed by atoms with van der Waals surface area (Å²) in [4.78, 5) is 14.5. The van der Waals surface area contributed by atoms with E-state index >= 15 is 0 Å². The van der Waals surface area contributed by atoms with Crippen molar-refractivity contribution >= 4 is 5.91 Å². The van der Waals surface area contributed by atoms with Crippen LogP contribution in [0, 0.1) is 19.3 Å². The largest absolute Gasteiger partial charge is 0.378 e. The highest BCUT2D eigenvalue weighted by Gasteiger charge is 2.51. The van der Waals surface area contributed by atoms with E-state index in [4.69, 9.17) is 4.74 Å². The molecule has 1 amide bonds. The molecule has 0 aromatic carbocycles. The van der Waals surface area contributed by atoms with Crippen molar-refractivity contribution in [3.63, 3.8) is 0 Å². The van der Waals surface area contributed by atoms with Crippen molar-refractivity contribution in [3.8, 4) is 0 Å². The first kappa shape index (κ1) is 18.0. The highest BCUT2D eigenvalue weighted by molar-refractivity contribution is 5.76. The van der Waals surface area contributed by atoms with E-state index in [1.807, 2.05) is 37.5 Å². The summed E-state index contributed by atoms with van der Waals surface area (Å²) in [5, 5.41) is 4.42. The van der Waals surface area contributed by atoms with Crippen LogP contribution >= 0.6 is 0 Å². The predicted octanol–water partition coefficient (Wildman–Crippen LogP) is 2.63. The third kappa shape index (κ3) is 3.30. The second-order valence-electron chi connectivity index (χ2n) is 7.29. The van der Waals surface area contributed by atoms with Crippen molar-refractivity contribution in [1.82, 2.24) is 14.7 Å². The number of hydrogen-bond acceptors (Lipinski definition) is 3. The number of nitrogens with zero attached hydrogens (tertiary/aromatic N) is 3. The Morgan fingerprint density at radius 3 is 2.57 bits per heavy atom. The quantitative estimate of drug-likeness (QED) is 0.809. The standard InChI is InChI=1S/C18H31N3O2/c1-8-23-16-11-15(18(16,4)5)20(6)17(22)10-9-14-12(2)19-21(7)13(14)3/h15-16H,8-11H2,1-7H3. The molecular formula is C18H31N3O2. The molecule has 2 unspecified atom stereocenters. The number of carbonyl (C=O) groups excluding carboxylic acids is 1. The van der Waals surface area contributed by atoms with Gasteiger partial charge in [0.25, 0.3) is 0 Å². The van der Waals surface area contributed by atoms with Gasteiger partial charge in [0.2, 0.25) is 5.91 Å². The molecule has 0 spiro atoms. The zero-order chi connectivity index (χ0) is 17.4. The van der Waals surface area contributed by atoms with Crippen LogP contribution in [-0.2, 0) is 23.0 Å². The number of ether oxygens (including phenoxy) is 1. The van der Waals surface area contributed by atoms with Gasteiger partial charge in [0.15, 0.2) is 0 Å². The van der Waals surface area contributed by atoms with Gasteiger partial charge < -0.3 is 9.64 Å². The van der Waals surface area contributed by atoms with E-state index < -0.39 is 0 Å². The van der Waals surface area contributed by atoms with E-state index in [9.17, 15) is 4.79 Å². The molecule has 1 aromatic rings. The summed E-state index contributed by atoms with van der Waals surface area (Å²) < 4.78 is 7.66. The highest BCUT2D eigenvalue weighted by atomic mass is 16.5. The Kier molecular flexibility index (Phi) is 5.19. The molecule has 1 saturated carbocycles. The molecule has 1 aliphatic rings. The lowest BCUT2D eigenvalue weighted by molar-refractivity contribution is -0.163. The Hall–Kier alpha value is -1.36. The molecule has 2 atom stereocenters. The lowest BCUT2D eigenvalue weighted by atomic mass is 9.63. The molecule has 1 fully saturated rings. The third-order valence-corrected chi connectivity index (χ3v) is 5.60. The predicted molar refractivity (Wildman–Crippen MR) is 91.4 cm³/mol. The smallest absolute Gasteiger partial charge is 0.222 e. The van der Waals surface area contributed by atoms with E-state index in [0.717, 1.165) is 30.8 Å². The average molecular weight is 321 g/mol. The van der Waals surface area contributed by atoms with Crippen molar-refractivity contribution in [3.05, 3.63) is 17.0 Å². The van der Waals surface area contributed by atoms with Crippen molar-refractivity contribution < 1.29 is 9.53 Å². The molecule has 0 N–H and O–H groups in total. The Balaban J connectivity index is 1.94. The van der Waals surface area contributed by atoms with Crippen LogP contribution in [0.5, 0.6) is 0 Å². The van der Waals surface area contributed by atoms with Crippen molar-refractivity contribution in [1.29, 1.82) is 0 Å². The molecule has 1 aliphatic carbocycles. The van der Waals surface area contributed by atoms with Crippen LogP contribution in [0.15, 0.2) is 0 Å². The zero-order valence-corrected chi connectivity index (χ0v) is 15.6. The molecule has 1 heterocycles. The minimum Gasteiger partial charge on any atom is -0.378 e. The lowest BCUT2D eigenvalue weighted by Crippen LogP contribution is -2.62. The topological polar surface area (TPSA) is 47.4 Å². The van der Waals surface area contributed by atoms with Gasteiger partial charge in [0.05, 0.1) is 11.8 Å². The van der Waals surface area contributed by atoms with Crippen molar-refractivity contribution in [2.45, 2.75) is 66.0 Å². The van der Waals surface area contributed by atoms with Gasteiger partial charge in [-0.05, 0) is 39.2 Å². The first-order chi connectivity index (χ1) is 10.7. The fourth-order valence-electron chi connectivity index (χ4n) is 3.77. The van der Waals surface area contributed by atoms with E-state index in [2.05, 4.69) is 25.9 Å². The van der Waals surface area contributed by atoms with Crippen LogP contribution in [0.1, 0.15) is 50.6 Å². The first-order valence-corrected chi connectivity index (χ1v) is 8.56. The van der Waals surface area contributed by atoms with Gasteiger partial charge in [-0.2, -0.15) is 5.10 Å². The molecule has 1 aromatic heterocycles. The highest BCUT2D eigenvalue weighted by Crippen LogP contribution is 2.45. The molecule has 0 radical (unpaired) electrons. The van der Waals surface area contributed by atoms with Crippen LogP contribution in [0.2, 0.25) is 0 Å². The molecule has 5 nitrogen and oxygen atoms in total. The zero-order valence-electron chi connectivity index (χ0n) is 15.6. The summed E-state index contributed by atoms with van der Waals surface area (Å²) in [6.45, 7) is 11.2. The van der Waals surface area contributed by atoms with Crippen LogP contribution in [0.25, 0.3) is 0 Å². The molecule has 130 valence electrons. The van der Waals surface area contributed by atoms with Gasteiger partial charge in [0, 0.05) is 44.3 Å². The molecule has 0 aliphatic heterocycles. The van der Waals surface area contributed by atoms with Gasteiger partial charge in [-0.25, -0.2) is 0 Å². The average Bonchev–Trinajstić information content (AvgIpc) is 2.73. The van der Waals surface area contributed by atoms with Gasteiger partial charge >= 0.3 is 0 Å². The maximum Gasteiger partial charge on any atom is 0.222 e. The van der Waals surface area contributed by atoms with Crippen LogP contribution < -0.4 is 0 Å². The third-order valence-electron chi connectivity index (χ3n) is 5.60. The first-order valence-electron chi connectivity index (χ1n) is 8.56. The summed E-state index contributed by atoms with van der Waals surface area (Å²) >= 11 is 0. The second-order valence-corrected chi connectivity index (χ2v) is 7.29. The Morgan fingerprint density at radius 1 is 1.43 bits per heavy atom. The molecule has 5 heteroatoms.